The molecule has 1 aromatic rings. The lowest BCUT2D eigenvalue weighted by molar-refractivity contribution is 0.234. The summed E-state index contributed by atoms with van der Waals surface area (Å²) in [6.07, 6.45) is 0.935. The zero-order valence-corrected chi connectivity index (χ0v) is 12.7. The van der Waals surface area contributed by atoms with Gasteiger partial charge < -0.3 is 10.6 Å². The van der Waals surface area contributed by atoms with E-state index in [0.717, 1.165) is 12.0 Å². The van der Waals surface area contributed by atoms with E-state index < -0.39 is 0 Å². The predicted molar refractivity (Wildman–Crippen MR) is 80.4 cm³/mol. The van der Waals surface area contributed by atoms with E-state index in [1.165, 1.54) is 5.56 Å². The molecule has 0 saturated carbocycles. The summed E-state index contributed by atoms with van der Waals surface area (Å²) in [6, 6.07) is 8.55. The normalized spacial score (nSPS) is 14.0. The summed E-state index contributed by atoms with van der Waals surface area (Å²) in [4.78, 5) is 11.7. The average Bonchev–Trinajstić information content (AvgIpc) is 2.38. The molecule has 19 heavy (non-hydrogen) atoms. The third kappa shape index (κ3) is 4.93. The van der Waals surface area contributed by atoms with Crippen LogP contribution in [0.15, 0.2) is 24.3 Å². The molecule has 2 atom stereocenters. The fraction of sp³-hybridized carbons (Fsp3) is 0.562. The summed E-state index contributed by atoms with van der Waals surface area (Å²) < 4.78 is 0. The fourth-order valence-corrected chi connectivity index (χ4v) is 1.82. The van der Waals surface area contributed by atoms with E-state index in [2.05, 4.69) is 55.7 Å². The molecule has 0 aliphatic carbocycles. The van der Waals surface area contributed by atoms with E-state index in [1.54, 1.807) is 0 Å². The lowest BCUT2D eigenvalue weighted by Gasteiger charge is -2.18. The van der Waals surface area contributed by atoms with E-state index in [0.29, 0.717) is 5.92 Å². The van der Waals surface area contributed by atoms with Crippen LogP contribution in [-0.2, 0) is 0 Å². The molecule has 1 rings (SSSR count). The Bertz CT molecular complexity index is 398. The van der Waals surface area contributed by atoms with Gasteiger partial charge in [-0.25, -0.2) is 4.79 Å². The minimum absolute atomic E-state index is 0.0188. The number of urea groups is 1. The van der Waals surface area contributed by atoms with E-state index in [9.17, 15) is 4.79 Å². The molecule has 0 fully saturated rings. The molecule has 3 nitrogen and oxygen atoms in total. The Hall–Kier alpha value is -1.51. The zero-order valence-electron chi connectivity index (χ0n) is 12.7. The molecular weight excluding hydrogens is 236 g/mol. The van der Waals surface area contributed by atoms with Gasteiger partial charge in [-0.05, 0) is 37.3 Å². The molecule has 0 aliphatic rings. The van der Waals surface area contributed by atoms with Gasteiger partial charge in [0.15, 0.2) is 0 Å². The number of amides is 2. The van der Waals surface area contributed by atoms with Crippen molar-refractivity contribution < 1.29 is 4.79 Å². The van der Waals surface area contributed by atoms with Gasteiger partial charge in [-0.1, -0.05) is 45.0 Å². The molecule has 1 aromatic carbocycles. The van der Waals surface area contributed by atoms with Crippen LogP contribution in [0.1, 0.15) is 64.1 Å². The van der Waals surface area contributed by atoms with Crippen LogP contribution in [0, 0.1) is 0 Å². The lowest BCUT2D eigenvalue weighted by Crippen LogP contribution is -2.41. The van der Waals surface area contributed by atoms with E-state index in [-0.39, 0.29) is 18.1 Å². The van der Waals surface area contributed by atoms with Crippen LogP contribution in [0.4, 0.5) is 4.79 Å². The first kappa shape index (κ1) is 15.5. The Morgan fingerprint density at radius 2 is 1.53 bits per heavy atom. The third-order valence-electron chi connectivity index (χ3n) is 3.44. The van der Waals surface area contributed by atoms with Crippen molar-refractivity contribution >= 4 is 6.03 Å². The number of hydrogen-bond acceptors (Lipinski definition) is 1. The molecule has 0 bridgehead atoms. The number of carbonyl (C=O) groups is 1. The topological polar surface area (TPSA) is 41.1 Å². The fourth-order valence-electron chi connectivity index (χ4n) is 1.82. The molecule has 2 amide bonds. The van der Waals surface area contributed by atoms with E-state index in [1.807, 2.05) is 13.8 Å². The molecule has 0 spiro atoms. The maximum absolute atomic E-state index is 11.7. The molecular formula is C16H26N2O. The molecule has 0 aliphatic heterocycles. The smallest absolute Gasteiger partial charge is 0.315 e. The van der Waals surface area contributed by atoms with Crippen molar-refractivity contribution in [2.75, 3.05) is 0 Å². The molecule has 3 heteroatoms. The van der Waals surface area contributed by atoms with Crippen molar-refractivity contribution in [3.05, 3.63) is 35.4 Å². The van der Waals surface area contributed by atoms with Gasteiger partial charge in [0.05, 0.1) is 6.04 Å². The second-order valence-corrected chi connectivity index (χ2v) is 5.47. The molecule has 0 saturated heterocycles. The number of hydrogen-bond donors (Lipinski definition) is 2. The van der Waals surface area contributed by atoms with Crippen LogP contribution in [0.3, 0.4) is 0 Å². The summed E-state index contributed by atoms with van der Waals surface area (Å²) in [7, 11) is 0. The van der Waals surface area contributed by atoms with Gasteiger partial charge in [0.25, 0.3) is 0 Å². The minimum atomic E-state index is -0.102. The third-order valence-corrected chi connectivity index (χ3v) is 3.44. The van der Waals surface area contributed by atoms with Gasteiger partial charge in [0.1, 0.15) is 0 Å². The number of benzene rings is 1. The van der Waals surface area contributed by atoms with Gasteiger partial charge in [-0.3, -0.25) is 0 Å². The van der Waals surface area contributed by atoms with Crippen molar-refractivity contribution in [1.82, 2.24) is 10.6 Å². The van der Waals surface area contributed by atoms with Crippen LogP contribution in [-0.4, -0.2) is 12.1 Å². The van der Waals surface area contributed by atoms with E-state index in [4.69, 9.17) is 0 Å². The van der Waals surface area contributed by atoms with Crippen molar-refractivity contribution in [3.63, 3.8) is 0 Å². The summed E-state index contributed by atoms with van der Waals surface area (Å²) in [5, 5.41) is 5.87. The Balaban J connectivity index is 2.57. The second-order valence-electron chi connectivity index (χ2n) is 5.47. The van der Waals surface area contributed by atoms with Crippen molar-refractivity contribution in [2.45, 2.75) is 59.0 Å². The summed E-state index contributed by atoms with van der Waals surface area (Å²) >= 11 is 0. The van der Waals surface area contributed by atoms with Gasteiger partial charge >= 0.3 is 6.03 Å². The monoisotopic (exact) mass is 262 g/mol. The molecule has 0 radical (unpaired) electrons. The maximum Gasteiger partial charge on any atom is 0.315 e. The Kier molecular flexibility index (Phi) is 5.87. The second kappa shape index (κ2) is 7.17. The van der Waals surface area contributed by atoms with Crippen LogP contribution in [0.2, 0.25) is 0 Å². The van der Waals surface area contributed by atoms with E-state index >= 15 is 0 Å². The molecule has 2 N–H and O–H groups in total. The number of nitrogens with one attached hydrogen (secondary N) is 2. The van der Waals surface area contributed by atoms with Crippen LogP contribution >= 0.6 is 0 Å². The van der Waals surface area contributed by atoms with Crippen LogP contribution in [0.5, 0.6) is 0 Å². The summed E-state index contributed by atoms with van der Waals surface area (Å²) in [5.41, 5.74) is 2.45. The molecule has 0 unspecified atom stereocenters. The van der Waals surface area contributed by atoms with Crippen molar-refractivity contribution in [1.29, 1.82) is 0 Å². The first-order valence-corrected chi connectivity index (χ1v) is 7.10. The zero-order chi connectivity index (χ0) is 14.4. The summed E-state index contributed by atoms with van der Waals surface area (Å²) in [5.74, 6) is 0.533. The minimum Gasteiger partial charge on any atom is -0.336 e. The molecule has 0 aromatic heterocycles. The lowest BCUT2D eigenvalue weighted by atomic mass is 10.00. The quantitative estimate of drug-likeness (QED) is 0.828. The highest BCUT2D eigenvalue weighted by Crippen LogP contribution is 2.18. The number of carbonyl (C=O) groups excluding carboxylic acids is 1. The first-order chi connectivity index (χ1) is 8.93. The van der Waals surface area contributed by atoms with Crippen LogP contribution < -0.4 is 10.6 Å². The highest BCUT2D eigenvalue weighted by Gasteiger charge is 2.11. The highest BCUT2D eigenvalue weighted by atomic mass is 16.2. The van der Waals surface area contributed by atoms with Gasteiger partial charge in [-0.2, -0.15) is 0 Å². The Morgan fingerprint density at radius 1 is 1.00 bits per heavy atom. The largest absolute Gasteiger partial charge is 0.336 e. The van der Waals surface area contributed by atoms with Gasteiger partial charge in [0.2, 0.25) is 0 Å². The van der Waals surface area contributed by atoms with Crippen LogP contribution in [0.25, 0.3) is 0 Å². The molecule has 0 heterocycles. The Labute approximate surface area is 116 Å². The Morgan fingerprint density at radius 3 is 2.00 bits per heavy atom. The van der Waals surface area contributed by atoms with Crippen molar-refractivity contribution in [3.8, 4) is 0 Å². The standard InChI is InChI=1S/C16H26N2O/c1-6-12(4)17-16(19)18-13(5)15-9-7-14(8-10-15)11(2)3/h7-13H,6H2,1-5H3,(H2,17,18,19)/t12-,13+/m0/s1. The van der Waals surface area contributed by atoms with Crippen molar-refractivity contribution in [2.24, 2.45) is 0 Å². The summed E-state index contributed by atoms with van der Waals surface area (Å²) in [6.45, 7) is 10.4. The average molecular weight is 262 g/mol. The maximum atomic E-state index is 11.7. The highest BCUT2D eigenvalue weighted by molar-refractivity contribution is 5.74. The predicted octanol–water partition coefficient (Wildman–Crippen LogP) is 3.97. The SMILES string of the molecule is CC[C@H](C)NC(=O)N[C@H](C)c1ccc(C(C)C)cc1. The number of rotatable bonds is 5. The van der Waals surface area contributed by atoms with Gasteiger partial charge in [0, 0.05) is 6.04 Å². The first-order valence-electron chi connectivity index (χ1n) is 7.10. The molecule has 106 valence electrons. The van der Waals surface area contributed by atoms with Gasteiger partial charge in [-0.15, -0.1) is 0 Å².